The lowest BCUT2D eigenvalue weighted by molar-refractivity contribution is -0.143. The van der Waals surface area contributed by atoms with Gasteiger partial charge in [-0.25, -0.2) is 9.69 Å². The molecule has 0 radical (unpaired) electrons. The number of urea groups is 1. The van der Waals surface area contributed by atoms with E-state index in [1.807, 2.05) is 0 Å². The maximum atomic E-state index is 12.1. The van der Waals surface area contributed by atoms with Crippen LogP contribution in [0.5, 0.6) is 5.75 Å². The molecular formula is C15H17N3O5. The van der Waals surface area contributed by atoms with Gasteiger partial charge in [0.2, 0.25) is 5.91 Å². The summed E-state index contributed by atoms with van der Waals surface area (Å²) in [7, 11) is 1.46. The number of imide groups is 2. The third-order valence-electron chi connectivity index (χ3n) is 3.27. The summed E-state index contributed by atoms with van der Waals surface area (Å²) in [6, 6.07) is 5.96. The number of amides is 5. The molecule has 1 aromatic rings. The maximum absolute atomic E-state index is 12.1. The highest BCUT2D eigenvalue weighted by Crippen LogP contribution is 2.23. The van der Waals surface area contributed by atoms with Gasteiger partial charge in [0.25, 0.3) is 0 Å². The van der Waals surface area contributed by atoms with E-state index in [4.69, 9.17) is 4.74 Å². The van der Waals surface area contributed by atoms with Gasteiger partial charge in [0, 0.05) is 6.54 Å². The van der Waals surface area contributed by atoms with Crippen LogP contribution in [0.2, 0.25) is 0 Å². The number of ether oxygens (including phenoxy) is 1. The lowest BCUT2D eigenvalue weighted by Crippen LogP contribution is -2.39. The van der Waals surface area contributed by atoms with Gasteiger partial charge in [-0.05, 0) is 18.6 Å². The van der Waals surface area contributed by atoms with Crippen LogP contribution in [0, 0.1) is 0 Å². The highest BCUT2D eigenvalue weighted by atomic mass is 16.5. The molecule has 0 unspecified atom stereocenters. The third kappa shape index (κ3) is 3.31. The van der Waals surface area contributed by atoms with E-state index in [0.29, 0.717) is 22.8 Å². The second-order valence-corrected chi connectivity index (χ2v) is 4.88. The van der Waals surface area contributed by atoms with Gasteiger partial charge in [0.15, 0.2) is 0 Å². The summed E-state index contributed by atoms with van der Waals surface area (Å²) in [6.45, 7) is 1.40. The normalized spacial score (nSPS) is 14.4. The number of hydrogen-bond donors (Lipinski definition) is 1. The number of para-hydroxylation sites is 2. The molecule has 0 atom stereocenters. The highest BCUT2D eigenvalue weighted by Gasteiger charge is 2.44. The van der Waals surface area contributed by atoms with Gasteiger partial charge in [-0.2, -0.15) is 0 Å². The number of carbonyl (C=O) groups is 4. The number of anilines is 1. The zero-order valence-electron chi connectivity index (χ0n) is 12.9. The highest BCUT2D eigenvalue weighted by molar-refractivity contribution is 6.45. The predicted octanol–water partition coefficient (Wildman–Crippen LogP) is 0.834. The molecule has 0 bridgehead atoms. The van der Waals surface area contributed by atoms with Gasteiger partial charge < -0.3 is 10.1 Å². The molecular weight excluding hydrogens is 302 g/mol. The molecule has 2 rings (SSSR count). The first-order chi connectivity index (χ1) is 11.0. The summed E-state index contributed by atoms with van der Waals surface area (Å²) in [4.78, 5) is 49.1. The van der Waals surface area contributed by atoms with E-state index in [1.165, 1.54) is 7.11 Å². The lowest BCUT2D eigenvalue weighted by atomic mass is 10.3. The van der Waals surface area contributed by atoms with Crippen molar-refractivity contribution in [2.45, 2.75) is 13.3 Å². The summed E-state index contributed by atoms with van der Waals surface area (Å²) in [5.41, 5.74) is 0.413. The van der Waals surface area contributed by atoms with E-state index < -0.39 is 30.3 Å². The van der Waals surface area contributed by atoms with Crippen LogP contribution < -0.4 is 10.1 Å². The van der Waals surface area contributed by atoms with Gasteiger partial charge in [0.05, 0.1) is 12.8 Å². The van der Waals surface area contributed by atoms with Crippen LogP contribution in [0.25, 0.3) is 0 Å². The van der Waals surface area contributed by atoms with Gasteiger partial charge in [-0.3, -0.25) is 19.3 Å². The van der Waals surface area contributed by atoms with Crippen LogP contribution in [0.15, 0.2) is 24.3 Å². The zero-order chi connectivity index (χ0) is 17.0. The van der Waals surface area contributed by atoms with Crippen LogP contribution >= 0.6 is 0 Å². The standard InChI is InChI=1S/C15H17N3O5/c1-3-8-17-13(20)14(21)18(15(17)22)9-12(19)16-10-6-4-5-7-11(10)23-2/h4-7H,3,8-9H2,1-2H3,(H,16,19). The Kier molecular flexibility index (Phi) is 4.95. The van der Waals surface area contributed by atoms with Crippen molar-refractivity contribution >= 4 is 29.4 Å². The zero-order valence-corrected chi connectivity index (χ0v) is 12.9. The summed E-state index contributed by atoms with van der Waals surface area (Å²) < 4.78 is 5.10. The van der Waals surface area contributed by atoms with Crippen molar-refractivity contribution in [3.63, 3.8) is 0 Å². The van der Waals surface area contributed by atoms with E-state index in [1.54, 1.807) is 31.2 Å². The molecule has 1 aliphatic rings. The number of methoxy groups -OCH3 is 1. The summed E-state index contributed by atoms with van der Waals surface area (Å²) >= 11 is 0. The van der Waals surface area contributed by atoms with Crippen molar-refractivity contribution in [1.82, 2.24) is 9.80 Å². The summed E-state index contributed by atoms with van der Waals surface area (Å²) in [6.07, 6.45) is 0.534. The molecule has 1 N–H and O–H groups in total. The minimum atomic E-state index is -0.987. The number of nitrogens with one attached hydrogen (secondary N) is 1. The second-order valence-electron chi connectivity index (χ2n) is 4.88. The Morgan fingerprint density at radius 1 is 1.13 bits per heavy atom. The topological polar surface area (TPSA) is 96.0 Å². The molecule has 1 heterocycles. The largest absolute Gasteiger partial charge is 0.495 e. The first-order valence-electron chi connectivity index (χ1n) is 7.09. The maximum Gasteiger partial charge on any atom is 0.334 e. The van der Waals surface area contributed by atoms with E-state index in [0.717, 1.165) is 4.90 Å². The molecule has 0 spiro atoms. The average Bonchev–Trinajstić information content (AvgIpc) is 2.73. The monoisotopic (exact) mass is 319 g/mol. The molecule has 8 heteroatoms. The number of carbonyl (C=O) groups excluding carboxylic acids is 4. The van der Waals surface area contributed by atoms with E-state index >= 15 is 0 Å². The Balaban J connectivity index is 2.07. The minimum Gasteiger partial charge on any atom is -0.495 e. The van der Waals surface area contributed by atoms with Gasteiger partial charge >= 0.3 is 17.8 Å². The van der Waals surface area contributed by atoms with Crippen molar-refractivity contribution in [1.29, 1.82) is 0 Å². The van der Waals surface area contributed by atoms with Crippen molar-refractivity contribution in [2.24, 2.45) is 0 Å². The SMILES string of the molecule is CCCN1C(=O)C(=O)N(CC(=O)Nc2ccccc2OC)C1=O. The fourth-order valence-corrected chi connectivity index (χ4v) is 2.19. The van der Waals surface area contributed by atoms with E-state index in [2.05, 4.69) is 5.32 Å². The van der Waals surface area contributed by atoms with Crippen LogP contribution in [-0.2, 0) is 14.4 Å². The Labute approximate surface area is 133 Å². The van der Waals surface area contributed by atoms with Crippen molar-refractivity contribution < 1.29 is 23.9 Å². The first kappa shape index (κ1) is 16.5. The smallest absolute Gasteiger partial charge is 0.334 e. The molecule has 1 aliphatic heterocycles. The third-order valence-corrected chi connectivity index (χ3v) is 3.27. The fourth-order valence-electron chi connectivity index (χ4n) is 2.19. The Hall–Kier alpha value is -2.90. The number of benzene rings is 1. The van der Waals surface area contributed by atoms with Crippen molar-refractivity contribution in [2.75, 3.05) is 25.5 Å². The Morgan fingerprint density at radius 3 is 2.43 bits per heavy atom. The molecule has 1 aromatic carbocycles. The quantitative estimate of drug-likeness (QED) is 0.619. The first-order valence-corrected chi connectivity index (χ1v) is 7.09. The van der Waals surface area contributed by atoms with Crippen LogP contribution in [-0.4, -0.2) is 53.8 Å². The summed E-state index contributed by atoms with van der Waals surface area (Å²) in [5, 5.41) is 2.55. The molecule has 23 heavy (non-hydrogen) atoms. The number of nitrogens with zero attached hydrogens (tertiary/aromatic N) is 2. The summed E-state index contributed by atoms with van der Waals surface area (Å²) in [5.74, 6) is -2.04. The predicted molar refractivity (Wildman–Crippen MR) is 80.7 cm³/mol. The molecule has 122 valence electrons. The van der Waals surface area contributed by atoms with Crippen LogP contribution in [0.3, 0.4) is 0 Å². The molecule has 1 fully saturated rings. The van der Waals surface area contributed by atoms with Crippen molar-refractivity contribution in [3.05, 3.63) is 24.3 Å². The number of rotatable bonds is 6. The van der Waals surface area contributed by atoms with E-state index in [-0.39, 0.29) is 6.54 Å². The molecule has 0 aliphatic carbocycles. The minimum absolute atomic E-state index is 0.147. The number of hydrogen-bond acceptors (Lipinski definition) is 5. The average molecular weight is 319 g/mol. The molecule has 5 amide bonds. The lowest BCUT2D eigenvalue weighted by Gasteiger charge is -2.15. The van der Waals surface area contributed by atoms with Gasteiger partial charge in [-0.15, -0.1) is 0 Å². The fraction of sp³-hybridized carbons (Fsp3) is 0.333. The van der Waals surface area contributed by atoms with Crippen LogP contribution in [0.1, 0.15) is 13.3 Å². The van der Waals surface area contributed by atoms with E-state index in [9.17, 15) is 19.2 Å². The molecule has 8 nitrogen and oxygen atoms in total. The molecule has 1 saturated heterocycles. The Bertz CT molecular complexity index is 658. The van der Waals surface area contributed by atoms with Gasteiger partial charge in [0.1, 0.15) is 12.3 Å². The van der Waals surface area contributed by atoms with Gasteiger partial charge in [-0.1, -0.05) is 19.1 Å². The molecule has 0 aromatic heterocycles. The Morgan fingerprint density at radius 2 is 1.78 bits per heavy atom. The van der Waals surface area contributed by atoms with Crippen molar-refractivity contribution in [3.8, 4) is 5.75 Å². The molecule has 0 saturated carbocycles. The van der Waals surface area contributed by atoms with Crippen LogP contribution in [0.4, 0.5) is 10.5 Å². The second kappa shape index (κ2) is 6.91.